The number of benzene rings is 2. The maximum atomic E-state index is 9.46. The Morgan fingerprint density at radius 1 is 1.06 bits per heavy atom. The topological polar surface area (TPSA) is 49.5 Å². The quantitative estimate of drug-likeness (QED) is 0.793. The smallest absolute Gasteiger partial charge is 0.115 e. The molecule has 3 heteroatoms. The Morgan fingerprint density at radius 2 is 1.89 bits per heavy atom. The van der Waals surface area contributed by atoms with Crippen molar-refractivity contribution in [2.75, 3.05) is 5.73 Å². The van der Waals surface area contributed by atoms with Gasteiger partial charge in [-0.05, 0) is 41.0 Å². The van der Waals surface area contributed by atoms with Gasteiger partial charge in [-0.15, -0.1) is 0 Å². The fraction of sp³-hybridized carbons (Fsp3) is 0.200. The van der Waals surface area contributed by atoms with Crippen LogP contribution in [0.1, 0.15) is 16.7 Å². The van der Waals surface area contributed by atoms with Crippen molar-refractivity contribution in [1.82, 2.24) is 4.90 Å². The van der Waals surface area contributed by atoms with E-state index in [1.54, 1.807) is 6.07 Å². The molecule has 0 bridgehead atoms. The van der Waals surface area contributed by atoms with Gasteiger partial charge < -0.3 is 10.8 Å². The zero-order chi connectivity index (χ0) is 12.5. The molecule has 0 spiro atoms. The summed E-state index contributed by atoms with van der Waals surface area (Å²) >= 11 is 0. The number of nitrogens with zero attached hydrogens (tertiary/aromatic N) is 1. The maximum Gasteiger partial charge on any atom is 0.115 e. The molecule has 1 aliphatic rings. The number of nitrogen functional groups attached to an aromatic ring is 1. The molecule has 3 nitrogen and oxygen atoms in total. The molecule has 1 heterocycles. The van der Waals surface area contributed by atoms with Crippen LogP contribution in [0, 0.1) is 0 Å². The minimum absolute atomic E-state index is 0.327. The lowest BCUT2D eigenvalue weighted by molar-refractivity contribution is 0.275. The first-order valence-electron chi connectivity index (χ1n) is 6.08. The second kappa shape index (κ2) is 4.35. The van der Waals surface area contributed by atoms with Crippen molar-refractivity contribution in [3.8, 4) is 5.75 Å². The molecule has 92 valence electrons. The predicted octanol–water partition coefficient (Wildman–Crippen LogP) is 2.49. The minimum Gasteiger partial charge on any atom is -0.508 e. The first-order valence-corrected chi connectivity index (χ1v) is 6.08. The van der Waals surface area contributed by atoms with Gasteiger partial charge in [0.1, 0.15) is 5.75 Å². The van der Waals surface area contributed by atoms with Crippen molar-refractivity contribution in [2.24, 2.45) is 0 Å². The van der Waals surface area contributed by atoms with Crippen molar-refractivity contribution in [1.29, 1.82) is 0 Å². The van der Waals surface area contributed by atoms with E-state index in [0.29, 0.717) is 5.75 Å². The third kappa shape index (κ3) is 2.17. The highest BCUT2D eigenvalue weighted by Crippen LogP contribution is 2.26. The standard InChI is InChI=1S/C15H16N2O/c16-14-5-4-12-9-17(10-13(12)7-14)8-11-2-1-3-15(18)6-11/h1-7,18H,8-10,16H2. The Bertz CT molecular complexity index is 580. The summed E-state index contributed by atoms with van der Waals surface area (Å²) in [7, 11) is 0. The average Bonchev–Trinajstić information content (AvgIpc) is 2.70. The van der Waals surface area contributed by atoms with Gasteiger partial charge >= 0.3 is 0 Å². The molecular weight excluding hydrogens is 224 g/mol. The molecule has 0 radical (unpaired) electrons. The Balaban J connectivity index is 1.74. The van der Waals surface area contributed by atoms with Gasteiger partial charge in [0.15, 0.2) is 0 Å². The van der Waals surface area contributed by atoms with Crippen LogP contribution in [0.25, 0.3) is 0 Å². The van der Waals surface area contributed by atoms with E-state index >= 15 is 0 Å². The summed E-state index contributed by atoms with van der Waals surface area (Å²) in [6.45, 7) is 2.73. The van der Waals surface area contributed by atoms with E-state index in [9.17, 15) is 5.11 Å². The van der Waals surface area contributed by atoms with Crippen LogP contribution in [0.4, 0.5) is 5.69 Å². The Morgan fingerprint density at radius 3 is 2.72 bits per heavy atom. The second-order valence-electron chi connectivity index (χ2n) is 4.84. The zero-order valence-corrected chi connectivity index (χ0v) is 10.1. The monoisotopic (exact) mass is 240 g/mol. The molecule has 3 N–H and O–H groups in total. The number of anilines is 1. The molecular formula is C15H16N2O. The van der Waals surface area contributed by atoms with Crippen molar-refractivity contribution in [3.63, 3.8) is 0 Å². The molecule has 0 fully saturated rings. The van der Waals surface area contributed by atoms with Crippen molar-refractivity contribution in [2.45, 2.75) is 19.6 Å². The van der Waals surface area contributed by atoms with Crippen LogP contribution in [0.15, 0.2) is 42.5 Å². The lowest BCUT2D eigenvalue weighted by Gasteiger charge is -2.14. The summed E-state index contributed by atoms with van der Waals surface area (Å²) in [4.78, 5) is 2.35. The van der Waals surface area contributed by atoms with Crippen LogP contribution < -0.4 is 5.73 Å². The maximum absolute atomic E-state index is 9.46. The van der Waals surface area contributed by atoms with Crippen LogP contribution in [0.2, 0.25) is 0 Å². The van der Waals surface area contributed by atoms with Gasteiger partial charge in [-0.3, -0.25) is 4.90 Å². The van der Waals surface area contributed by atoms with E-state index in [4.69, 9.17) is 5.73 Å². The first kappa shape index (κ1) is 11.1. The highest BCUT2D eigenvalue weighted by Gasteiger charge is 2.18. The van der Waals surface area contributed by atoms with E-state index in [2.05, 4.69) is 17.0 Å². The second-order valence-corrected chi connectivity index (χ2v) is 4.84. The number of phenolic OH excluding ortho intramolecular Hbond substituents is 1. The highest BCUT2D eigenvalue weighted by atomic mass is 16.3. The summed E-state index contributed by atoms with van der Waals surface area (Å²) in [5, 5.41) is 9.46. The molecule has 2 aromatic carbocycles. The van der Waals surface area contributed by atoms with E-state index < -0.39 is 0 Å². The fourth-order valence-corrected chi connectivity index (χ4v) is 2.51. The molecule has 0 aliphatic carbocycles. The molecule has 1 aliphatic heterocycles. The van der Waals surface area contributed by atoms with E-state index in [0.717, 1.165) is 30.9 Å². The van der Waals surface area contributed by atoms with Crippen LogP contribution in [0.5, 0.6) is 5.75 Å². The van der Waals surface area contributed by atoms with Crippen LogP contribution in [-0.4, -0.2) is 10.0 Å². The van der Waals surface area contributed by atoms with Crippen molar-refractivity contribution >= 4 is 5.69 Å². The summed E-state index contributed by atoms with van der Waals surface area (Å²) < 4.78 is 0. The Kier molecular flexibility index (Phi) is 2.68. The number of aromatic hydroxyl groups is 1. The van der Waals surface area contributed by atoms with Gasteiger partial charge in [0.05, 0.1) is 0 Å². The molecule has 0 aromatic heterocycles. The van der Waals surface area contributed by atoms with E-state index in [-0.39, 0.29) is 0 Å². The van der Waals surface area contributed by atoms with Gasteiger partial charge in [-0.25, -0.2) is 0 Å². The minimum atomic E-state index is 0.327. The number of nitrogens with two attached hydrogens (primary N) is 1. The van der Waals surface area contributed by atoms with Gasteiger partial charge in [-0.1, -0.05) is 18.2 Å². The predicted molar refractivity (Wildman–Crippen MR) is 71.9 cm³/mol. The highest BCUT2D eigenvalue weighted by molar-refractivity contribution is 5.46. The Labute approximate surface area is 106 Å². The summed E-state index contributed by atoms with van der Waals surface area (Å²) in [6.07, 6.45) is 0. The molecule has 0 amide bonds. The van der Waals surface area contributed by atoms with Gasteiger partial charge in [0.25, 0.3) is 0 Å². The molecule has 3 rings (SSSR count). The lowest BCUT2D eigenvalue weighted by Crippen LogP contribution is -2.15. The first-order chi connectivity index (χ1) is 8.70. The molecule has 0 atom stereocenters. The third-order valence-electron chi connectivity index (χ3n) is 3.33. The van der Waals surface area contributed by atoms with Gasteiger partial charge in [-0.2, -0.15) is 0 Å². The number of hydrogen-bond acceptors (Lipinski definition) is 3. The summed E-state index contributed by atoms with van der Waals surface area (Å²) in [6, 6.07) is 13.5. The number of fused-ring (bicyclic) bond motifs is 1. The number of phenols is 1. The summed E-state index contributed by atoms with van der Waals surface area (Å²) in [5.74, 6) is 0.327. The van der Waals surface area contributed by atoms with Crippen LogP contribution in [0.3, 0.4) is 0 Å². The fourth-order valence-electron chi connectivity index (χ4n) is 2.51. The molecule has 18 heavy (non-hydrogen) atoms. The third-order valence-corrected chi connectivity index (χ3v) is 3.33. The zero-order valence-electron chi connectivity index (χ0n) is 10.1. The number of rotatable bonds is 2. The summed E-state index contributed by atoms with van der Waals surface area (Å²) in [5.41, 5.74) is 10.4. The lowest BCUT2D eigenvalue weighted by atomic mass is 10.1. The van der Waals surface area contributed by atoms with E-state index in [1.807, 2.05) is 24.3 Å². The molecule has 2 aromatic rings. The largest absolute Gasteiger partial charge is 0.508 e. The van der Waals surface area contributed by atoms with Gasteiger partial charge in [0.2, 0.25) is 0 Å². The average molecular weight is 240 g/mol. The van der Waals surface area contributed by atoms with Crippen LogP contribution in [-0.2, 0) is 19.6 Å². The molecule has 0 saturated carbocycles. The normalized spacial score (nSPS) is 14.7. The SMILES string of the molecule is Nc1ccc2c(c1)CN(Cc1cccc(O)c1)C2. The number of hydrogen-bond donors (Lipinski definition) is 2. The molecule has 0 unspecified atom stereocenters. The van der Waals surface area contributed by atoms with Crippen molar-refractivity contribution in [3.05, 3.63) is 59.2 Å². The Hall–Kier alpha value is -2.00. The van der Waals surface area contributed by atoms with E-state index in [1.165, 1.54) is 11.1 Å². The molecule has 0 saturated heterocycles. The van der Waals surface area contributed by atoms with Crippen molar-refractivity contribution < 1.29 is 5.11 Å². The van der Waals surface area contributed by atoms with Crippen LogP contribution >= 0.6 is 0 Å². The van der Waals surface area contributed by atoms with Gasteiger partial charge in [0, 0.05) is 25.3 Å².